The fraction of sp³-hybridized carbons (Fsp3) is 0.760. The quantitative estimate of drug-likeness (QED) is 0.172. The summed E-state index contributed by atoms with van der Waals surface area (Å²) in [6.07, 6.45) is 29.7. The molecule has 2 aliphatic rings. The number of rotatable bonds is 13. The molecule has 0 aromatic heterocycles. The standard InChI is InChI=1S/C25H41Cl/c1-3-5-7-9-10-11-12-14-16-18-22-21(17-15-13-8-6-4-2)19-20-23-24(22)25(23)26/h5-8,11-12,21-25H,3-4,9-10,13-20H2,1-2H3. The van der Waals surface area contributed by atoms with Crippen molar-refractivity contribution in [2.75, 3.05) is 0 Å². The van der Waals surface area contributed by atoms with E-state index in [2.05, 4.69) is 50.3 Å². The highest BCUT2D eigenvalue weighted by molar-refractivity contribution is 6.23. The van der Waals surface area contributed by atoms with Crippen molar-refractivity contribution in [1.82, 2.24) is 0 Å². The van der Waals surface area contributed by atoms with Crippen LogP contribution < -0.4 is 0 Å². The number of alkyl halides is 1. The second-order valence-corrected chi connectivity index (χ2v) is 8.86. The highest BCUT2D eigenvalue weighted by Crippen LogP contribution is 2.59. The van der Waals surface area contributed by atoms with Crippen molar-refractivity contribution in [1.29, 1.82) is 0 Å². The zero-order valence-electron chi connectivity index (χ0n) is 17.2. The molecule has 2 fully saturated rings. The fourth-order valence-electron chi connectivity index (χ4n) is 4.95. The maximum absolute atomic E-state index is 6.61. The molecule has 0 amide bonds. The maximum atomic E-state index is 6.61. The third-order valence-electron chi connectivity index (χ3n) is 6.43. The lowest BCUT2D eigenvalue weighted by molar-refractivity contribution is 0.191. The molecular weight excluding hydrogens is 336 g/mol. The molecule has 0 aliphatic heterocycles. The molecule has 0 spiro atoms. The molecule has 0 radical (unpaired) electrons. The first-order valence-corrected chi connectivity index (χ1v) is 11.8. The zero-order chi connectivity index (χ0) is 18.6. The summed E-state index contributed by atoms with van der Waals surface area (Å²) in [5.41, 5.74) is 0. The van der Waals surface area contributed by atoms with E-state index in [0.717, 1.165) is 30.1 Å². The molecule has 0 aromatic rings. The number of allylic oxidation sites excluding steroid dienone is 6. The minimum absolute atomic E-state index is 0.505. The topological polar surface area (TPSA) is 0 Å². The number of hydrogen-bond donors (Lipinski definition) is 0. The van der Waals surface area contributed by atoms with E-state index in [4.69, 9.17) is 11.6 Å². The summed E-state index contributed by atoms with van der Waals surface area (Å²) in [5.74, 6) is 3.56. The van der Waals surface area contributed by atoms with Gasteiger partial charge in [0.1, 0.15) is 0 Å². The molecule has 5 atom stereocenters. The van der Waals surface area contributed by atoms with Crippen molar-refractivity contribution >= 4 is 11.6 Å². The average Bonchev–Trinajstić information content (AvgIpc) is 3.31. The van der Waals surface area contributed by atoms with Gasteiger partial charge in [-0.05, 0) is 101 Å². The molecule has 2 saturated carbocycles. The Morgan fingerprint density at radius 1 is 0.731 bits per heavy atom. The van der Waals surface area contributed by atoms with Crippen LogP contribution in [0.2, 0.25) is 0 Å². The number of halogens is 1. The molecule has 148 valence electrons. The molecular formula is C25H41Cl. The monoisotopic (exact) mass is 376 g/mol. The molecule has 2 aliphatic carbocycles. The van der Waals surface area contributed by atoms with Crippen molar-refractivity contribution in [3.8, 4) is 0 Å². The Balaban J connectivity index is 1.67. The predicted octanol–water partition coefficient (Wildman–Crippen LogP) is 8.48. The first kappa shape index (κ1) is 21.8. The number of hydrogen-bond acceptors (Lipinski definition) is 0. The number of fused-ring (bicyclic) bond motifs is 1. The van der Waals surface area contributed by atoms with Crippen LogP contribution in [0.25, 0.3) is 0 Å². The molecule has 0 heterocycles. The van der Waals surface area contributed by atoms with Crippen LogP contribution in [0.15, 0.2) is 36.5 Å². The van der Waals surface area contributed by atoms with E-state index in [0.29, 0.717) is 5.38 Å². The van der Waals surface area contributed by atoms with Crippen molar-refractivity contribution in [3.63, 3.8) is 0 Å². The Morgan fingerprint density at radius 2 is 1.31 bits per heavy atom. The van der Waals surface area contributed by atoms with Gasteiger partial charge in [0.2, 0.25) is 0 Å². The smallest absolute Gasteiger partial charge is 0.0401 e. The first-order valence-electron chi connectivity index (χ1n) is 11.4. The average molecular weight is 377 g/mol. The molecule has 0 bridgehead atoms. The summed E-state index contributed by atoms with van der Waals surface area (Å²) in [7, 11) is 0. The van der Waals surface area contributed by atoms with Gasteiger partial charge in [0.15, 0.2) is 0 Å². The van der Waals surface area contributed by atoms with Crippen LogP contribution >= 0.6 is 11.6 Å². The highest BCUT2D eigenvalue weighted by Gasteiger charge is 2.56. The van der Waals surface area contributed by atoms with Gasteiger partial charge in [0.25, 0.3) is 0 Å². The van der Waals surface area contributed by atoms with Gasteiger partial charge >= 0.3 is 0 Å². The van der Waals surface area contributed by atoms with Crippen LogP contribution in [0, 0.1) is 23.7 Å². The van der Waals surface area contributed by atoms with Gasteiger partial charge < -0.3 is 0 Å². The lowest BCUT2D eigenvalue weighted by atomic mass is 9.74. The predicted molar refractivity (Wildman–Crippen MR) is 118 cm³/mol. The van der Waals surface area contributed by atoms with Crippen molar-refractivity contribution in [3.05, 3.63) is 36.5 Å². The first-order chi connectivity index (χ1) is 12.8. The SMILES string of the molecule is CCC=CCCC=CCCCC1C(CCCC=CCC)CCC2C(Cl)C12. The molecule has 1 heteroatoms. The van der Waals surface area contributed by atoms with E-state index in [1.807, 2.05) is 0 Å². The van der Waals surface area contributed by atoms with Crippen LogP contribution in [0.1, 0.15) is 90.9 Å². The Labute approximate surface area is 168 Å². The maximum Gasteiger partial charge on any atom is 0.0401 e. The minimum Gasteiger partial charge on any atom is -0.122 e. The molecule has 0 aromatic carbocycles. The Kier molecular flexibility index (Phi) is 10.8. The molecule has 0 saturated heterocycles. The van der Waals surface area contributed by atoms with E-state index in [9.17, 15) is 0 Å². The van der Waals surface area contributed by atoms with Crippen molar-refractivity contribution < 1.29 is 0 Å². The van der Waals surface area contributed by atoms with E-state index >= 15 is 0 Å². The van der Waals surface area contributed by atoms with Gasteiger partial charge in [-0.25, -0.2) is 0 Å². The molecule has 0 nitrogen and oxygen atoms in total. The zero-order valence-corrected chi connectivity index (χ0v) is 18.0. The second-order valence-electron chi connectivity index (χ2n) is 8.36. The van der Waals surface area contributed by atoms with Crippen LogP contribution in [0.5, 0.6) is 0 Å². The van der Waals surface area contributed by atoms with Crippen LogP contribution in [0.4, 0.5) is 0 Å². The Bertz CT molecular complexity index is 447. The van der Waals surface area contributed by atoms with Gasteiger partial charge in [-0.15, -0.1) is 11.6 Å². The lowest BCUT2D eigenvalue weighted by Crippen LogP contribution is -2.22. The third kappa shape index (κ3) is 7.26. The van der Waals surface area contributed by atoms with Crippen LogP contribution in [-0.2, 0) is 0 Å². The van der Waals surface area contributed by atoms with E-state index in [1.54, 1.807) is 0 Å². The van der Waals surface area contributed by atoms with Crippen molar-refractivity contribution in [2.24, 2.45) is 23.7 Å². The van der Waals surface area contributed by atoms with Gasteiger partial charge in [0.05, 0.1) is 0 Å². The molecule has 0 N–H and O–H groups in total. The summed E-state index contributed by atoms with van der Waals surface area (Å²) in [5, 5.41) is 0.505. The summed E-state index contributed by atoms with van der Waals surface area (Å²) in [4.78, 5) is 0. The van der Waals surface area contributed by atoms with Gasteiger partial charge in [0, 0.05) is 5.38 Å². The van der Waals surface area contributed by atoms with Crippen LogP contribution in [-0.4, -0.2) is 5.38 Å². The van der Waals surface area contributed by atoms with Crippen molar-refractivity contribution in [2.45, 2.75) is 96.3 Å². The minimum atomic E-state index is 0.505. The summed E-state index contributed by atoms with van der Waals surface area (Å²) in [6.45, 7) is 4.42. The van der Waals surface area contributed by atoms with Crippen LogP contribution in [0.3, 0.4) is 0 Å². The summed E-state index contributed by atoms with van der Waals surface area (Å²) >= 11 is 6.61. The Hall–Kier alpha value is -0.490. The molecule has 2 rings (SSSR count). The molecule has 26 heavy (non-hydrogen) atoms. The molecule has 5 unspecified atom stereocenters. The van der Waals surface area contributed by atoms with Gasteiger partial charge in [-0.1, -0.05) is 50.3 Å². The second kappa shape index (κ2) is 12.8. The van der Waals surface area contributed by atoms with E-state index in [1.165, 1.54) is 70.6 Å². The third-order valence-corrected chi connectivity index (χ3v) is 7.04. The highest BCUT2D eigenvalue weighted by atomic mass is 35.5. The largest absolute Gasteiger partial charge is 0.122 e. The van der Waals surface area contributed by atoms with E-state index in [-0.39, 0.29) is 0 Å². The Morgan fingerprint density at radius 3 is 2.00 bits per heavy atom. The lowest BCUT2D eigenvalue weighted by Gasteiger charge is -2.31. The van der Waals surface area contributed by atoms with Gasteiger partial charge in [-0.2, -0.15) is 0 Å². The normalized spacial score (nSPS) is 31.3. The fourth-order valence-corrected chi connectivity index (χ4v) is 5.53. The number of unbranched alkanes of at least 4 members (excludes halogenated alkanes) is 3. The van der Waals surface area contributed by atoms with E-state index < -0.39 is 0 Å². The summed E-state index contributed by atoms with van der Waals surface area (Å²) in [6, 6.07) is 0. The summed E-state index contributed by atoms with van der Waals surface area (Å²) < 4.78 is 0. The van der Waals surface area contributed by atoms with Gasteiger partial charge in [-0.3, -0.25) is 0 Å².